The van der Waals surface area contributed by atoms with Crippen molar-refractivity contribution in [3.05, 3.63) is 47.8 Å². The van der Waals surface area contributed by atoms with E-state index < -0.39 is 0 Å². The van der Waals surface area contributed by atoms with Gasteiger partial charge in [-0.3, -0.25) is 4.79 Å². The molecule has 0 unspecified atom stereocenters. The van der Waals surface area contributed by atoms with Crippen LogP contribution in [0.4, 0.5) is 11.6 Å². The Hall–Kier alpha value is -2.43. The second-order valence-electron chi connectivity index (χ2n) is 6.07. The highest BCUT2D eigenvalue weighted by atomic mass is 16.1. The van der Waals surface area contributed by atoms with E-state index in [1.807, 2.05) is 50.2 Å². The summed E-state index contributed by atoms with van der Waals surface area (Å²) in [6, 6.07) is 11.6. The molecule has 1 aliphatic rings. The quantitative estimate of drug-likeness (QED) is 0.947. The summed E-state index contributed by atoms with van der Waals surface area (Å²) in [4.78, 5) is 23.6. The third-order valence-electron chi connectivity index (χ3n) is 4.16. The second-order valence-corrected chi connectivity index (χ2v) is 6.07. The third kappa shape index (κ3) is 3.86. The summed E-state index contributed by atoms with van der Waals surface area (Å²) in [5.41, 5.74) is 2.82. The lowest BCUT2D eigenvalue weighted by atomic mass is 9.96. The molecule has 0 aliphatic carbocycles. The molecule has 1 saturated heterocycles. The molecule has 0 bridgehead atoms. The molecule has 1 fully saturated rings. The Morgan fingerprint density at radius 2 is 1.70 bits per heavy atom. The number of rotatable bonds is 3. The maximum atomic E-state index is 12.4. The van der Waals surface area contributed by atoms with Crippen LogP contribution >= 0.6 is 0 Å². The van der Waals surface area contributed by atoms with Crippen molar-refractivity contribution < 1.29 is 4.79 Å². The Morgan fingerprint density at radius 3 is 2.30 bits per heavy atom. The number of hydrogen-bond acceptors (Lipinski definition) is 4. The van der Waals surface area contributed by atoms with E-state index >= 15 is 0 Å². The molecule has 0 atom stereocenters. The van der Waals surface area contributed by atoms with Gasteiger partial charge in [0.15, 0.2) is 0 Å². The molecule has 0 saturated carbocycles. The minimum absolute atomic E-state index is 0.0531. The number of para-hydroxylation sites is 1. The van der Waals surface area contributed by atoms with Crippen LogP contribution in [-0.2, 0) is 4.79 Å². The summed E-state index contributed by atoms with van der Waals surface area (Å²) >= 11 is 0. The van der Waals surface area contributed by atoms with Crippen LogP contribution < -0.4 is 10.2 Å². The van der Waals surface area contributed by atoms with Gasteiger partial charge in [-0.15, -0.1) is 0 Å². The fraction of sp³-hybridized carbons (Fsp3) is 0.389. The van der Waals surface area contributed by atoms with E-state index in [-0.39, 0.29) is 11.8 Å². The molecule has 0 radical (unpaired) electrons. The first-order chi connectivity index (χ1) is 11.1. The van der Waals surface area contributed by atoms with Gasteiger partial charge in [0.25, 0.3) is 0 Å². The molecule has 3 rings (SSSR count). The third-order valence-corrected chi connectivity index (χ3v) is 4.16. The fourth-order valence-electron chi connectivity index (χ4n) is 2.96. The number of nitrogens with zero attached hydrogens (tertiary/aromatic N) is 3. The van der Waals surface area contributed by atoms with Gasteiger partial charge in [0.2, 0.25) is 11.9 Å². The number of amides is 1. The highest BCUT2D eigenvalue weighted by molar-refractivity contribution is 5.92. The molecule has 1 aromatic heterocycles. The number of piperidine rings is 1. The van der Waals surface area contributed by atoms with Crippen molar-refractivity contribution in [3.63, 3.8) is 0 Å². The van der Waals surface area contributed by atoms with E-state index in [1.54, 1.807) is 0 Å². The topological polar surface area (TPSA) is 58.1 Å². The minimum atomic E-state index is 0.0531. The normalized spacial score (nSPS) is 15.5. The number of carbonyl (C=O) groups is 1. The van der Waals surface area contributed by atoms with Gasteiger partial charge in [0.1, 0.15) is 0 Å². The Kier molecular flexibility index (Phi) is 4.55. The predicted molar refractivity (Wildman–Crippen MR) is 91.5 cm³/mol. The SMILES string of the molecule is Cc1cc(C)nc(N2CCC(C(=O)Nc3ccccc3)CC2)n1. The number of aryl methyl sites for hydroxylation is 2. The van der Waals surface area contributed by atoms with Gasteiger partial charge in [-0.25, -0.2) is 9.97 Å². The van der Waals surface area contributed by atoms with E-state index in [4.69, 9.17) is 0 Å². The molecule has 1 aliphatic heterocycles. The second kappa shape index (κ2) is 6.77. The molecule has 1 amide bonds. The van der Waals surface area contributed by atoms with Crippen LogP contribution in [0.1, 0.15) is 24.2 Å². The Bertz CT molecular complexity index is 658. The van der Waals surface area contributed by atoms with Crippen LogP contribution in [0.5, 0.6) is 0 Å². The summed E-state index contributed by atoms with van der Waals surface area (Å²) in [6.45, 7) is 5.60. The van der Waals surface area contributed by atoms with Crippen LogP contribution in [-0.4, -0.2) is 29.0 Å². The van der Waals surface area contributed by atoms with Crippen LogP contribution in [0.2, 0.25) is 0 Å². The van der Waals surface area contributed by atoms with E-state index in [9.17, 15) is 4.79 Å². The zero-order chi connectivity index (χ0) is 16.2. The maximum Gasteiger partial charge on any atom is 0.227 e. The van der Waals surface area contributed by atoms with Gasteiger partial charge in [0, 0.05) is 36.1 Å². The van der Waals surface area contributed by atoms with Crippen LogP contribution in [0.3, 0.4) is 0 Å². The lowest BCUT2D eigenvalue weighted by Crippen LogP contribution is -2.39. The molecule has 120 valence electrons. The van der Waals surface area contributed by atoms with Gasteiger partial charge in [-0.2, -0.15) is 0 Å². The molecular formula is C18H22N4O. The highest BCUT2D eigenvalue weighted by Crippen LogP contribution is 2.22. The maximum absolute atomic E-state index is 12.4. The van der Waals surface area contributed by atoms with E-state index in [0.29, 0.717) is 0 Å². The molecular weight excluding hydrogens is 288 g/mol. The van der Waals surface area contributed by atoms with Crippen molar-refractivity contribution >= 4 is 17.5 Å². The molecule has 5 nitrogen and oxygen atoms in total. The largest absolute Gasteiger partial charge is 0.341 e. The summed E-state index contributed by atoms with van der Waals surface area (Å²) in [5.74, 6) is 0.943. The first kappa shape index (κ1) is 15.5. The molecule has 23 heavy (non-hydrogen) atoms. The number of hydrogen-bond donors (Lipinski definition) is 1. The summed E-state index contributed by atoms with van der Waals surface area (Å²) in [7, 11) is 0. The van der Waals surface area contributed by atoms with Crippen LogP contribution in [0, 0.1) is 19.8 Å². The number of nitrogens with one attached hydrogen (secondary N) is 1. The average Bonchev–Trinajstić information content (AvgIpc) is 2.55. The molecule has 5 heteroatoms. The molecule has 1 aromatic carbocycles. The average molecular weight is 310 g/mol. The number of carbonyl (C=O) groups excluding carboxylic acids is 1. The Balaban J connectivity index is 1.58. The van der Waals surface area contributed by atoms with Gasteiger partial charge >= 0.3 is 0 Å². The minimum Gasteiger partial charge on any atom is -0.341 e. The zero-order valence-electron chi connectivity index (χ0n) is 13.6. The molecule has 1 N–H and O–H groups in total. The lowest BCUT2D eigenvalue weighted by molar-refractivity contribution is -0.120. The highest BCUT2D eigenvalue weighted by Gasteiger charge is 2.26. The first-order valence-corrected chi connectivity index (χ1v) is 8.05. The fourth-order valence-corrected chi connectivity index (χ4v) is 2.96. The van der Waals surface area contributed by atoms with Crippen molar-refractivity contribution in [1.29, 1.82) is 0 Å². The monoisotopic (exact) mass is 310 g/mol. The summed E-state index contributed by atoms with van der Waals surface area (Å²) in [5, 5.41) is 3.00. The van der Waals surface area contributed by atoms with Crippen LogP contribution in [0.25, 0.3) is 0 Å². The molecule has 0 spiro atoms. The Morgan fingerprint density at radius 1 is 1.09 bits per heavy atom. The zero-order valence-corrected chi connectivity index (χ0v) is 13.6. The molecule has 2 aromatic rings. The smallest absolute Gasteiger partial charge is 0.227 e. The van der Waals surface area contributed by atoms with Crippen molar-refractivity contribution in [1.82, 2.24) is 9.97 Å². The number of benzene rings is 1. The Labute approximate surface area is 136 Å². The summed E-state index contributed by atoms with van der Waals surface area (Å²) in [6.07, 6.45) is 1.66. The predicted octanol–water partition coefficient (Wildman–Crippen LogP) is 2.95. The van der Waals surface area contributed by atoms with Gasteiger partial charge in [0.05, 0.1) is 0 Å². The lowest BCUT2D eigenvalue weighted by Gasteiger charge is -2.31. The van der Waals surface area contributed by atoms with E-state index in [0.717, 1.165) is 49.0 Å². The number of aromatic nitrogens is 2. The van der Waals surface area contributed by atoms with Gasteiger partial charge in [-0.1, -0.05) is 18.2 Å². The van der Waals surface area contributed by atoms with Crippen molar-refractivity contribution in [2.45, 2.75) is 26.7 Å². The van der Waals surface area contributed by atoms with Crippen molar-refractivity contribution in [2.24, 2.45) is 5.92 Å². The number of anilines is 2. The van der Waals surface area contributed by atoms with Crippen molar-refractivity contribution in [3.8, 4) is 0 Å². The van der Waals surface area contributed by atoms with Crippen LogP contribution in [0.15, 0.2) is 36.4 Å². The standard InChI is InChI=1S/C18H22N4O/c1-13-12-14(2)20-18(19-13)22-10-8-15(9-11-22)17(23)21-16-6-4-3-5-7-16/h3-7,12,15H,8-11H2,1-2H3,(H,21,23). The van der Waals surface area contributed by atoms with E-state index in [1.165, 1.54) is 0 Å². The van der Waals surface area contributed by atoms with Crippen molar-refractivity contribution in [2.75, 3.05) is 23.3 Å². The molecule has 2 heterocycles. The summed E-state index contributed by atoms with van der Waals surface area (Å²) < 4.78 is 0. The van der Waals surface area contributed by atoms with Gasteiger partial charge in [-0.05, 0) is 44.9 Å². The first-order valence-electron chi connectivity index (χ1n) is 8.05. The van der Waals surface area contributed by atoms with E-state index in [2.05, 4.69) is 20.2 Å². The van der Waals surface area contributed by atoms with Gasteiger partial charge < -0.3 is 10.2 Å².